The van der Waals surface area contributed by atoms with Crippen LogP contribution in [0, 0.1) is 0 Å². The van der Waals surface area contributed by atoms with Gasteiger partial charge in [-0.15, -0.1) is 0 Å². The molecule has 0 heterocycles. The van der Waals surface area contributed by atoms with Gasteiger partial charge in [-0.05, 0) is 19.3 Å². The lowest BCUT2D eigenvalue weighted by Gasteiger charge is -2.03. The van der Waals surface area contributed by atoms with Gasteiger partial charge in [-0.25, -0.2) is 0 Å². The van der Waals surface area contributed by atoms with Crippen LogP contribution in [-0.2, 0) is 9.59 Å². The van der Waals surface area contributed by atoms with E-state index < -0.39 is 5.97 Å². The largest absolute Gasteiger partial charge is 0.481 e. The van der Waals surface area contributed by atoms with Gasteiger partial charge in [0.15, 0.2) is 0 Å². The van der Waals surface area contributed by atoms with Gasteiger partial charge in [0.2, 0.25) is 0 Å². The van der Waals surface area contributed by atoms with Crippen molar-refractivity contribution >= 4 is 11.8 Å². The number of unbranched alkanes of at least 4 members (excludes halogenated alkanes) is 12. The van der Waals surface area contributed by atoms with Gasteiger partial charge in [0.25, 0.3) is 0 Å². The summed E-state index contributed by atoms with van der Waals surface area (Å²) >= 11 is 0. The van der Waals surface area contributed by atoms with Crippen molar-refractivity contribution in [1.82, 2.24) is 0 Å². The molecule has 136 valence electrons. The quantitative estimate of drug-likeness (QED) is 0.301. The van der Waals surface area contributed by atoms with Crippen molar-refractivity contribution in [2.45, 2.75) is 116 Å². The lowest BCUT2D eigenvalue weighted by atomic mass is 10.0. The topological polar surface area (TPSA) is 54.4 Å². The van der Waals surface area contributed by atoms with Crippen molar-refractivity contribution in [2.75, 3.05) is 0 Å². The van der Waals surface area contributed by atoms with E-state index in [0.29, 0.717) is 18.6 Å². The third-order valence-electron chi connectivity index (χ3n) is 4.41. The van der Waals surface area contributed by atoms with Gasteiger partial charge in [-0.2, -0.15) is 0 Å². The normalized spacial score (nSPS) is 10.8. The summed E-state index contributed by atoms with van der Waals surface area (Å²) in [4.78, 5) is 22.0. The van der Waals surface area contributed by atoms with E-state index in [1.165, 1.54) is 64.2 Å². The van der Waals surface area contributed by atoms with Gasteiger partial charge >= 0.3 is 5.97 Å². The van der Waals surface area contributed by atoms with E-state index in [2.05, 4.69) is 6.92 Å². The fraction of sp³-hybridized carbons (Fsp3) is 0.900. The van der Waals surface area contributed by atoms with Crippen LogP contribution in [0.5, 0.6) is 0 Å². The number of hydrogen-bond donors (Lipinski definition) is 1. The molecule has 0 rings (SSSR count). The lowest BCUT2D eigenvalue weighted by Crippen LogP contribution is -1.98. The molecule has 0 atom stereocenters. The zero-order valence-corrected chi connectivity index (χ0v) is 15.3. The molecule has 23 heavy (non-hydrogen) atoms. The molecular weight excluding hydrogens is 288 g/mol. The minimum atomic E-state index is -0.739. The zero-order valence-electron chi connectivity index (χ0n) is 15.3. The number of carbonyl (C=O) groups is 2. The number of carboxylic acid groups (broad SMARTS) is 1. The fourth-order valence-corrected chi connectivity index (χ4v) is 2.89. The monoisotopic (exact) mass is 326 g/mol. The number of ketones is 1. The average Bonchev–Trinajstić information content (AvgIpc) is 2.52. The minimum Gasteiger partial charge on any atom is -0.481 e. The fourth-order valence-electron chi connectivity index (χ4n) is 2.89. The van der Waals surface area contributed by atoms with E-state index in [9.17, 15) is 9.59 Å². The van der Waals surface area contributed by atoms with Crippen molar-refractivity contribution in [1.29, 1.82) is 0 Å². The summed E-state index contributed by atoms with van der Waals surface area (Å²) in [5.41, 5.74) is 0. The van der Waals surface area contributed by atoms with Crippen LogP contribution in [0.2, 0.25) is 0 Å². The van der Waals surface area contributed by atoms with Gasteiger partial charge < -0.3 is 5.11 Å². The molecule has 0 saturated heterocycles. The molecule has 1 N–H and O–H groups in total. The SMILES string of the molecule is CCCCCCCCCCCCCC(=O)CCCCCC(=O)O. The van der Waals surface area contributed by atoms with Crippen molar-refractivity contribution in [2.24, 2.45) is 0 Å². The second-order valence-corrected chi connectivity index (χ2v) is 6.78. The Bertz CT molecular complexity index is 287. The van der Waals surface area contributed by atoms with Crippen molar-refractivity contribution in [3.05, 3.63) is 0 Å². The Morgan fingerprint density at radius 3 is 1.35 bits per heavy atom. The molecule has 0 aromatic heterocycles. The van der Waals surface area contributed by atoms with E-state index in [1.54, 1.807) is 0 Å². The van der Waals surface area contributed by atoms with Gasteiger partial charge in [0.1, 0.15) is 5.78 Å². The summed E-state index contributed by atoms with van der Waals surface area (Å²) in [6.07, 6.45) is 18.4. The van der Waals surface area contributed by atoms with Gasteiger partial charge in [0.05, 0.1) is 0 Å². The van der Waals surface area contributed by atoms with E-state index in [1.807, 2.05) is 0 Å². The lowest BCUT2D eigenvalue weighted by molar-refractivity contribution is -0.137. The Labute approximate surface area is 143 Å². The minimum absolute atomic E-state index is 0.229. The molecule has 0 fully saturated rings. The summed E-state index contributed by atoms with van der Waals surface area (Å²) in [6.45, 7) is 2.25. The maximum atomic E-state index is 11.7. The molecular formula is C20H38O3. The van der Waals surface area contributed by atoms with Crippen LogP contribution in [0.1, 0.15) is 116 Å². The molecule has 0 aliphatic heterocycles. The highest BCUT2D eigenvalue weighted by Crippen LogP contribution is 2.13. The van der Waals surface area contributed by atoms with Crippen LogP contribution < -0.4 is 0 Å². The zero-order chi connectivity index (χ0) is 17.2. The average molecular weight is 327 g/mol. The molecule has 0 aromatic rings. The molecule has 0 aromatic carbocycles. The Balaban J connectivity index is 3.16. The van der Waals surface area contributed by atoms with Crippen molar-refractivity contribution in [3.63, 3.8) is 0 Å². The standard InChI is InChI=1S/C20H38O3/c1-2-3-4-5-6-7-8-9-10-11-13-16-19(21)17-14-12-15-18-20(22)23/h2-18H2,1H3,(H,22,23). The highest BCUT2D eigenvalue weighted by molar-refractivity contribution is 5.78. The maximum Gasteiger partial charge on any atom is 0.303 e. The summed E-state index contributed by atoms with van der Waals surface area (Å²) in [5, 5.41) is 8.52. The predicted molar refractivity (Wildman–Crippen MR) is 96.8 cm³/mol. The summed E-state index contributed by atoms with van der Waals surface area (Å²) in [7, 11) is 0. The summed E-state index contributed by atoms with van der Waals surface area (Å²) < 4.78 is 0. The maximum absolute atomic E-state index is 11.7. The van der Waals surface area contributed by atoms with Crippen LogP contribution >= 0.6 is 0 Å². The smallest absolute Gasteiger partial charge is 0.303 e. The highest BCUT2D eigenvalue weighted by Gasteiger charge is 2.03. The molecule has 0 saturated carbocycles. The van der Waals surface area contributed by atoms with E-state index in [-0.39, 0.29) is 6.42 Å². The first-order valence-electron chi connectivity index (χ1n) is 9.90. The first-order chi connectivity index (χ1) is 11.2. The molecule has 0 aliphatic carbocycles. The third kappa shape index (κ3) is 19.1. The molecule has 0 unspecified atom stereocenters. The van der Waals surface area contributed by atoms with Crippen LogP contribution in [0.15, 0.2) is 0 Å². The third-order valence-corrected chi connectivity index (χ3v) is 4.41. The molecule has 0 radical (unpaired) electrons. The van der Waals surface area contributed by atoms with Gasteiger partial charge in [0, 0.05) is 19.3 Å². The number of Topliss-reactive ketones (excluding diaryl/α,β-unsaturated/α-hetero) is 1. The Kier molecular flexibility index (Phi) is 16.8. The van der Waals surface area contributed by atoms with E-state index >= 15 is 0 Å². The Morgan fingerprint density at radius 2 is 0.913 bits per heavy atom. The molecule has 3 nitrogen and oxygen atoms in total. The number of rotatable bonds is 18. The molecule has 0 spiro atoms. The molecule has 0 amide bonds. The van der Waals surface area contributed by atoms with Gasteiger partial charge in [-0.3, -0.25) is 9.59 Å². The molecule has 3 heteroatoms. The number of carbonyl (C=O) groups excluding carboxylic acids is 1. The number of aliphatic carboxylic acids is 1. The van der Waals surface area contributed by atoms with Crippen LogP contribution in [-0.4, -0.2) is 16.9 Å². The first kappa shape index (κ1) is 22.1. The number of hydrogen-bond acceptors (Lipinski definition) is 2. The predicted octanol–water partition coefficient (Wildman–Crippen LogP) is 6.29. The van der Waals surface area contributed by atoms with E-state index in [4.69, 9.17) is 5.11 Å². The van der Waals surface area contributed by atoms with Crippen LogP contribution in [0.25, 0.3) is 0 Å². The Morgan fingerprint density at radius 1 is 0.565 bits per heavy atom. The summed E-state index contributed by atoms with van der Waals surface area (Å²) in [6, 6.07) is 0. The van der Waals surface area contributed by atoms with Crippen molar-refractivity contribution < 1.29 is 14.7 Å². The van der Waals surface area contributed by atoms with E-state index in [0.717, 1.165) is 25.7 Å². The van der Waals surface area contributed by atoms with Crippen LogP contribution in [0.3, 0.4) is 0 Å². The molecule has 0 aliphatic rings. The van der Waals surface area contributed by atoms with Crippen molar-refractivity contribution in [3.8, 4) is 0 Å². The summed E-state index contributed by atoms with van der Waals surface area (Å²) in [5.74, 6) is -0.381. The number of carboxylic acids is 1. The van der Waals surface area contributed by atoms with Crippen LogP contribution in [0.4, 0.5) is 0 Å². The first-order valence-corrected chi connectivity index (χ1v) is 9.90. The van der Waals surface area contributed by atoms with Gasteiger partial charge in [-0.1, -0.05) is 77.6 Å². The Hall–Kier alpha value is -0.860. The molecule has 0 bridgehead atoms. The second kappa shape index (κ2) is 17.5. The second-order valence-electron chi connectivity index (χ2n) is 6.78. The highest BCUT2D eigenvalue weighted by atomic mass is 16.4.